The Morgan fingerprint density at radius 1 is 1.00 bits per heavy atom. The molecule has 0 fully saturated rings. The molecule has 0 aromatic heterocycles. The average molecular weight is 253 g/mol. The van der Waals surface area contributed by atoms with E-state index < -0.39 is 0 Å². The first-order valence-corrected chi connectivity index (χ1v) is 6.68. The van der Waals surface area contributed by atoms with Gasteiger partial charge in [0.2, 0.25) is 0 Å². The molecule has 19 heavy (non-hydrogen) atoms. The highest BCUT2D eigenvalue weighted by atomic mass is 16.1. The number of anilines is 1. The van der Waals surface area contributed by atoms with Crippen LogP contribution in [0.25, 0.3) is 0 Å². The van der Waals surface area contributed by atoms with Crippen molar-refractivity contribution in [2.75, 3.05) is 5.73 Å². The number of carbonyl (C=O) groups excluding carboxylic acids is 1. The van der Waals surface area contributed by atoms with E-state index in [2.05, 4.69) is 19.9 Å². The molecule has 0 heterocycles. The van der Waals surface area contributed by atoms with Gasteiger partial charge in [0.05, 0.1) is 0 Å². The Hall–Kier alpha value is -2.09. The van der Waals surface area contributed by atoms with E-state index in [1.165, 1.54) is 5.56 Å². The minimum absolute atomic E-state index is 0.0188. The highest BCUT2D eigenvalue weighted by molar-refractivity contribution is 6.12. The molecule has 0 aliphatic heterocycles. The molecule has 0 bridgehead atoms. The molecule has 0 amide bonds. The van der Waals surface area contributed by atoms with Crippen LogP contribution < -0.4 is 5.73 Å². The van der Waals surface area contributed by atoms with Gasteiger partial charge in [-0.05, 0) is 42.2 Å². The second kappa shape index (κ2) is 5.70. The summed E-state index contributed by atoms with van der Waals surface area (Å²) in [6, 6.07) is 13.4. The molecule has 0 saturated carbocycles. The van der Waals surface area contributed by atoms with Gasteiger partial charge in [-0.3, -0.25) is 4.79 Å². The Morgan fingerprint density at radius 3 is 2.37 bits per heavy atom. The maximum absolute atomic E-state index is 12.6. The zero-order chi connectivity index (χ0) is 13.8. The molecule has 2 N–H and O–H groups in total. The third kappa shape index (κ3) is 2.68. The van der Waals surface area contributed by atoms with E-state index in [4.69, 9.17) is 5.73 Å². The van der Waals surface area contributed by atoms with E-state index >= 15 is 0 Å². The van der Waals surface area contributed by atoms with Crippen LogP contribution in [0.1, 0.15) is 40.9 Å². The molecule has 2 aromatic carbocycles. The number of nitrogen functional groups attached to an aromatic ring is 1. The van der Waals surface area contributed by atoms with Crippen molar-refractivity contribution in [3.8, 4) is 0 Å². The summed E-state index contributed by atoms with van der Waals surface area (Å²) in [7, 11) is 0. The smallest absolute Gasteiger partial charge is 0.195 e. The van der Waals surface area contributed by atoms with E-state index in [0.717, 1.165) is 24.0 Å². The van der Waals surface area contributed by atoms with E-state index in [1.807, 2.05) is 24.3 Å². The van der Waals surface area contributed by atoms with Gasteiger partial charge in [0.1, 0.15) is 0 Å². The number of carbonyl (C=O) groups is 1. The van der Waals surface area contributed by atoms with Crippen LogP contribution in [0.4, 0.5) is 5.69 Å². The maximum Gasteiger partial charge on any atom is 0.195 e. The zero-order valence-corrected chi connectivity index (χ0v) is 11.4. The topological polar surface area (TPSA) is 43.1 Å². The van der Waals surface area contributed by atoms with Gasteiger partial charge in [-0.2, -0.15) is 0 Å². The fraction of sp³-hybridized carbons (Fsp3) is 0.235. The maximum atomic E-state index is 12.6. The first-order chi connectivity index (χ1) is 9.17. The third-order valence-electron chi connectivity index (χ3n) is 3.41. The summed E-state index contributed by atoms with van der Waals surface area (Å²) in [5.74, 6) is 0.0188. The predicted octanol–water partition coefficient (Wildman–Crippen LogP) is 3.62. The third-order valence-corrected chi connectivity index (χ3v) is 3.41. The van der Waals surface area contributed by atoms with Crippen molar-refractivity contribution in [3.05, 3.63) is 64.7 Å². The van der Waals surface area contributed by atoms with Gasteiger partial charge in [-0.25, -0.2) is 0 Å². The van der Waals surface area contributed by atoms with Crippen molar-refractivity contribution < 1.29 is 4.79 Å². The van der Waals surface area contributed by atoms with E-state index in [0.29, 0.717) is 11.3 Å². The molecule has 0 atom stereocenters. The van der Waals surface area contributed by atoms with Crippen LogP contribution >= 0.6 is 0 Å². The van der Waals surface area contributed by atoms with Crippen molar-refractivity contribution in [2.45, 2.75) is 26.7 Å². The van der Waals surface area contributed by atoms with E-state index in [9.17, 15) is 4.79 Å². The average Bonchev–Trinajstić information content (AvgIpc) is 2.46. The summed E-state index contributed by atoms with van der Waals surface area (Å²) in [6.07, 6.45) is 1.77. The molecule has 0 saturated heterocycles. The number of rotatable bonds is 4. The van der Waals surface area contributed by atoms with Crippen molar-refractivity contribution >= 4 is 11.5 Å². The van der Waals surface area contributed by atoms with Gasteiger partial charge in [0, 0.05) is 16.8 Å². The molecule has 2 nitrogen and oxygen atoms in total. The summed E-state index contributed by atoms with van der Waals surface area (Å²) in [4.78, 5) is 12.6. The van der Waals surface area contributed by atoms with Gasteiger partial charge in [-0.15, -0.1) is 0 Å². The van der Waals surface area contributed by atoms with Crippen molar-refractivity contribution in [2.24, 2.45) is 0 Å². The number of benzene rings is 2. The predicted molar refractivity (Wildman–Crippen MR) is 79.5 cm³/mol. The molecular weight excluding hydrogens is 234 g/mol. The molecule has 0 spiro atoms. The van der Waals surface area contributed by atoms with Crippen LogP contribution in [0.2, 0.25) is 0 Å². The first-order valence-electron chi connectivity index (χ1n) is 6.68. The van der Waals surface area contributed by atoms with Gasteiger partial charge in [0.25, 0.3) is 0 Å². The fourth-order valence-corrected chi connectivity index (χ4v) is 2.21. The Bertz CT molecular complexity index is 602. The minimum Gasteiger partial charge on any atom is -0.398 e. The van der Waals surface area contributed by atoms with Crippen molar-refractivity contribution in [3.63, 3.8) is 0 Å². The van der Waals surface area contributed by atoms with Crippen molar-refractivity contribution in [1.29, 1.82) is 0 Å². The Labute approximate surface area is 114 Å². The number of ketones is 1. The number of nitrogens with two attached hydrogens (primary N) is 1. The van der Waals surface area contributed by atoms with Crippen LogP contribution in [0.5, 0.6) is 0 Å². The normalized spacial score (nSPS) is 10.4. The Kier molecular flexibility index (Phi) is 4.00. The summed E-state index contributed by atoms with van der Waals surface area (Å²) < 4.78 is 0. The number of hydrogen-bond donors (Lipinski definition) is 1. The van der Waals surface area contributed by atoms with Crippen LogP contribution in [0, 0.1) is 0 Å². The number of hydrogen-bond acceptors (Lipinski definition) is 2. The molecule has 0 aliphatic rings. The Morgan fingerprint density at radius 2 is 1.74 bits per heavy atom. The van der Waals surface area contributed by atoms with Crippen molar-refractivity contribution in [1.82, 2.24) is 0 Å². The van der Waals surface area contributed by atoms with Gasteiger partial charge < -0.3 is 5.73 Å². The standard InChI is InChI=1S/C17H19NO/c1-3-12-9-10-13(4-2)15(11-12)17(19)14-7-5-6-8-16(14)18/h5-11H,3-4,18H2,1-2H3. The molecule has 2 heteroatoms. The lowest BCUT2D eigenvalue weighted by atomic mass is 9.94. The molecule has 2 rings (SSSR count). The van der Waals surface area contributed by atoms with Crippen LogP contribution in [0.3, 0.4) is 0 Å². The molecule has 0 radical (unpaired) electrons. The SMILES string of the molecule is CCc1ccc(CC)c(C(=O)c2ccccc2N)c1. The largest absolute Gasteiger partial charge is 0.398 e. The molecule has 0 aliphatic carbocycles. The molecule has 98 valence electrons. The molecule has 0 unspecified atom stereocenters. The number of aryl methyl sites for hydroxylation is 2. The number of para-hydroxylation sites is 1. The highest BCUT2D eigenvalue weighted by Gasteiger charge is 2.15. The zero-order valence-electron chi connectivity index (χ0n) is 11.4. The lowest BCUT2D eigenvalue weighted by molar-refractivity contribution is 0.103. The second-order valence-corrected chi connectivity index (χ2v) is 4.61. The quantitative estimate of drug-likeness (QED) is 0.668. The summed E-state index contributed by atoms with van der Waals surface area (Å²) in [6.45, 7) is 4.15. The van der Waals surface area contributed by atoms with Gasteiger partial charge in [-0.1, -0.05) is 38.1 Å². The van der Waals surface area contributed by atoms with Crippen LogP contribution in [0.15, 0.2) is 42.5 Å². The van der Waals surface area contributed by atoms with E-state index in [-0.39, 0.29) is 5.78 Å². The highest BCUT2D eigenvalue weighted by Crippen LogP contribution is 2.21. The first kappa shape index (κ1) is 13.3. The fourth-order valence-electron chi connectivity index (χ4n) is 2.21. The lowest BCUT2D eigenvalue weighted by Gasteiger charge is -2.10. The van der Waals surface area contributed by atoms with E-state index in [1.54, 1.807) is 12.1 Å². The lowest BCUT2D eigenvalue weighted by Crippen LogP contribution is -2.08. The van der Waals surface area contributed by atoms with Gasteiger partial charge >= 0.3 is 0 Å². The summed E-state index contributed by atoms with van der Waals surface area (Å²) in [5, 5.41) is 0. The second-order valence-electron chi connectivity index (χ2n) is 4.61. The molecule has 2 aromatic rings. The van der Waals surface area contributed by atoms with Crippen LogP contribution in [-0.4, -0.2) is 5.78 Å². The minimum atomic E-state index is 0.0188. The monoisotopic (exact) mass is 253 g/mol. The summed E-state index contributed by atoms with van der Waals surface area (Å²) in [5.41, 5.74) is 10.1. The molecular formula is C17H19NO. The van der Waals surface area contributed by atoms with Crippen LogP contribution in [-0.2, 0) is 12.8 Å². The summed E-state index contributed by atoms with van der Waals surface area (Å²) >= 11 is 0. The Balaban J connectivity index is 2.51. The van der Waals surface area contributed by atoms with Gasteiger partial charge in [0.15, 0.2) is 5.78 Å².